The number of rotatable bonds is 5. The van der Waals surface area contributed by atoms with Crippen molar-refractivity contribution in [2.45, 2.75) is 34.1 Å². The van der Waals surface area contributed by atoms with Crippen LogP contribution in [0.15, 0.2) is 18.2 Å². The number of amides is 2. The van der Waals surface area contributed by atoms with E-state index in [-0.39, 0.29) is 28.8 Å². The van der Waals surface area contributed by atoms with Crippen molar-refractivity contribution < 1.29 is 14.4 Å². The SMILES string of the molecule is CC(=O)SCC1CC(=O)N(c2cc(NC(=O)C(C)C)ccc2C)C1. The Balaban J connectivity index is 2.14. The van der Waals surface area contributed by atoms with Crippen molar-refractivity contribution in [1.82, 2.24) is 0 Å². The zero-order valence-electron chi connectivity index (χ0n) is 14.6. The van der Waals surface area contributed by atoms with Crippen LogP contribution in [0.2, 0.25) is 0 Å². The molecule has 1 saturated heterocycles. The number of hydrogen-bond donors (Lipinski definition) is 1. The topological polar surface area (TPSA) is 66.5 Å². The number of anilines is 2. The maximum atomic E-state index is 12.4. The molecule has 1 N–H and O–H groups in total. The fraction of sp³-hybridized carbons (Fsp3) is 0.500. The summed E-state index contributed by atoms with van der Waals surface area (Å²) in [6, 6.07) is 5.62. The largest absolute Gasteiger partial charge is 0.326 e. The van der Waals surface area contributed by atoms with Crippen LogP contribution in [0.3, 0.4) is 0 Å². The van der Waals surface area contributed by atoms with Crippen LogP contribution in [0, 0.1) is 18.8 Å². The molecule has 2 rings (SSSR count). The van der Waals surface area contributed by atoms with Gasteiger partial charge in [-0.25, -0.2) is 0 Å². The molecule has 1 unspecified atom stereocenters. The molecule has 130 valence electrons. The zero-order chi connectivity index (χ0) is 17.9. The molecule has 0 aromatic heterocycles. The van der Waals surface area contributed by atoms with Crippen LogP contribution >= 0.6 is 11.8 Å². The third-order valence-corrected chi connectivity index (χ3v) is 5.06. The van der Waals surface area contributed by atoms with Crippen LogP contribution in [0.1, 0.15) is 32.8 Å². The number of carbonyl (C=O) groups is 3. The van der Waals surface area contributed by atoms with Gasteiger partial charge in [-0.1, -0.05) is 31.7 Å². The van der Waals surface area contributed by atoms with Gasteiger partial charge in [0.2, 0.25) is 11.8 Å². The summed E-state index contributed by atoms with van der Waals surface area (Å²) in [7, 11) is 0. The third kappa shape index (κ3) is 4.60. The van der Waals surface area contributed by atoms with E-state index in [2.05, 4.69) is 5.32 Å². The van der Waals surface area contributed by atoms with E-state index in [9.17, 15) is 14.4 Å². The Kier molecular flexibility index (Phi) is 6.04. The van der Waals surface area contributed by atoms with Gasteiger partial charge in [-0.2, -0.15) is 0 Å². The lowest BCUT2D eigenvalue weighted by Crippen LogP contribution is -2.26. The number of aryl methyl sites for hydroxylation is 1. The Hall–Kier alpha value is -1.82. The van der Waals surface area contributed by atoms with Crippen molar-refractivity contribution in [3.05, 3.63) is 23.8 Å². The number of benzene rings is 1. The summed E-state index contributed by atoms with van der Waals surface area (Å²) in [6.45, 7) is 7.79. The van der Waals surface area contributed by atoms with Crippen LogP contribution in [0.4, 0.5) is 11.4 Å². The molecule has 1 aliphatic heterocycles. The Bertz CT molecular complexity index is 658. The van der Waals surface area contributed by atoms with E-state index in [0.717, 1.165) is 11.3 Å². The van der Waals surface area contributed by atoms with Crippen molar-refractivity contribution in [1.29, 1.82) is 0 Å². The highest BCUT2D eigenvalue weighted by atomic mass is 32.2. The molecule has 5 nitrogen and oxygen atoms in total. The van der Waals surface area contributed by atoms with Gasteiger partial charge in [-0.3, -0.25) is 14.4 Å². The van der Waals surface area contributed by atoms with E-state index >= 15 is 0 Å². The maximum absolute atomic E-state index is 12.4. The number of carbonyl (C=O) groups excluding carboxylic acids is 3. The van der Waals surface area contributed by atoms with Gasteiger partial charge in [-0.15, -0.1) is 0 Å². The van der Waals surface area contributed by atoms with E-state index in [1.807, 2.05) is 39.0 Å². The molecule has 1 aromatic carbocycles. The van der Waals surface area contributed by atoms with E-state index in [1.54, 1.807) is 11.8 Å². The summed E-state index contributed by atoms with van der Waals surface area (Å²) >= 11 is 1.27. The second kappa shape index (κ2) is 7.83. The molecule has 1 heterocycles. The van der Waals surface area contributed by atoms with Gasteiger partial charge in [0, 0.05) is 42.9 Å². The lowest BCUT2D eigenvalue weighted by atomic mass is 10.1. The summed E-state index contributed by atoms with van der Waals surface area (Å²) in [5, 5.41) is 2.95. The summed E-state index contributed by atoms with van der Waals surface area (Å²) in [6.07, 6.45) is 0.461. The van der Waals surface area contributed by atoms with Crippen molar-refractivity contribution in [3.63, 3.8) is 0 Å². The number of hydrogen-bond acceptors (Lipinski definition) is 4. The molecule has 6 heteroatoms. The van der Waals surface area contributed by atoms with Crippen LogP contribution < -0.4 is 10.2 Å². The Labute approximate surface area is 147 Å². The minimum absolute atomic E-state index is 0.0479. The Morgan fingerprint density at radius 3 is 2.71 bits per heavy atom. The predicted molar refractivity (Wildman–Crippen MR) is 98.2 cm³/mol. The molecule has 0 bridgehead atoms. The van der Waals surface area contributed by atoms with Crippen LogP contribution in [0.5, 0.6) is 0 Å². The van der Waals surface area contributed by atoms with Crippen molar-refractivity contribution in [2.24, 2.45) is 11.8 Å². The molecule has 0 aliphatic carbocycles. The van der Waals surface area contributed by atoms with E-state index < -0.39 is 0 Å². The molecule has 0 radical (unpaired) electrons. The quantitative estimate of drug-likeness (QED) is 0.887. The lowest BCUT2D eigenvalue weighted by molar-refractivity contribution is -0.119. The first-order valence-electron chi connectivity index (χ1n) is 8.13. The van der Waals surface area contributed by atoms with Gasteiger partial charge >= 0.3 is 0 Å². The first-order valence-corrected chi connectivity index (χ1v) is 9.11. The molecular formula is C18H24N2O3S. The van der Waals surface area contributed by atoms with Gasteiger partial charge < -0.3 is 10.2 Å². The molecule has 1 aliphatic rings. The molecule has 24 heavy (non-hydrogen) atoms. The number of nitrogens with one attached hydrogen (secondary N) is 1. The lowest BCUT2D eigenvalue weighted by Gasteiger charge is -2.20. The van der Waals surface area contributed by atoms with Crippen LogP contribution in [-0.4, -0.2) is 29.2 Å². The van der Waals surface area contributed by atoms with E-state index in [0.29, 0.717) is 24.4 Å². The van der Waals surface area contributed by atoms with E-state index in [4.69, 9.17) is 0 Å². The van der Waals surface area contributed by atoms with E-state index in [1.165, 1.54) is 11.8 Å². The third-order valence-electron chi connectivity index (χ3n) is 4.02. The number of thioether (sulfide) groups is 1. The normalized spacial score (nSPS) is 17.5. The minimum Gasteiger partial charge on any atom is -0.326 e. The van der Waals surface area contributed by atoms with Crippen molar-refractivity contribution in [3.8, 4) is 0 Å². The first-order chi connectivity index (χ1) is 11.3. The van der Waals surface area contributed by atoms with Gasteiger partial charge in [0.05, 0.1) is 0 Å². The summed E-state index contributed by atoms with van der Waals surface area (Å²) in [5.41, 5.74) is 2.52. The molecule has 0 saturated carbocycles. The molecule has 1 fully saturated rings. The van der Waals surface area contributed by atoms with Crippen LogP contribution in [0.25, 0.3) is 0 Å². The van der Waals surface area contributed by atoms with Gasteiger partial charge in [0.25, 0.3) is 0 Å². The highest BCUT2D eigenvalue weighted by Crippen LogP contribution is 2.31. The fourth-order valence-corrected chi connectivity index (χ4v) is 3.32. The molecule has 0 spiro atoms. The first kappa shape index (κ1) is 18.5. The predicted octanol–water partition coefficient (Wildman–Crippen LogP) is 3.22. The maximum Gasteiger partial charge on any atom is 0.227 e. The number of nitrogens with zero attached hydrogens (tertiary/aromatic N) is 1. The molecule has 1 atom stereocenters. The molecule has 1 aromatic rings. The zero-order valence-corrected chi connectivity index (χ0v) is 15.4. The highest BCUT2D eigenvalue weighted by molar-refractivity contribution is 8.13. The van der Waals surface area contributed by atoms with Crippen LogP contribution in [-0.2, 0) is 14.4 Å². The van der Waals surface area contributed by atoms with Crippen molar-refractivity contribution >= 4 is 40.1 Å². The monoisotopic (exact) mass is 348 g/mol. The molecule has 2 amide bonds. The average Bonchev–Trinajstić information content (AvgIpc) is 2.88. The fourth-order valence-electron chi connectivity index (χ4n) is 2.63. The Morgan fingerprint density at radius 1 is 1.38 bits per heavy atom. The van der Waals surface area contributed by atoms with Crippen molar-refractivity contribution in [2.75, 3.05) is 22.5 Å². The van der Waals surface area contributed by atoms with Gasteiger partial charge in [0.15, 0.2) is 5.12 Å². The van der Waals surface area contributed by atoms with Gasteiger partial charge in [0.1, 0.15) is 0 Å². The molecular weight excluding hydrogens is 324 g/mol. The highest BCUT2D eigenvalue weighted by Gasteiger charge is 2.31. The summed E-state index contributed by atoms with van der Waals surface area (Å²) in [5.74, 6) is 0.768. The second-order valence-corrected chi connectivity index (χ2v) is 7.72. The minimum atomic E-state index is -0.101. The summed E-state index contributed by atoms with van der Waals surface area (Å²) in [4.78, 5) is 37.1. The Morgan fingerprint density at radius 2 is 2.08 bits per heavy atom. The average molecular weight is 348 g/mol. The smallest absolute Gasteiger partial charge is 0.227 e. The van der Waals surface area contributed by atoms with Gasteiger partial charge in [-0.05, 0) is 30.5 Å². The second-order valence-electron chi connectivity index (χ2n) is 6.52. The summed E-state index contributed by atoms with van der Waals surface area (Å²) < 4.78 is 0. The standard InChI is InChI=1S/C18H24N2O3S/c1-11(2)18(23)19-15-6-5-12(3)16(8-15)20-9-14(7-17(20)22)10-24-13(4)21/h5-6,8,11,14H,7,9-10H2,1-4H3,(H,19,23).